The van der Waals surface area contributed by atoms with Crippen molar-refractivity contribution in [2.24, 2.45) is 0 Å². The van der Waals surface area contributed by atoms with Gasteiger partial charge in [0.2, 0.25) is 5.82 Å². The average Bonchev–Trinajstić information content (AvgIpc) is 2.59. The fourth-order valence-corrected chi connectivity index (χ4v) is 2.86. The van der Waals surface area contributed by atoms with E-state index in [1.807, 2.05) is 0 Å². The molecule has 1 fully saturated rings. The summed E-state index contributed by atoms with van der Waals surface area (Å²) in [5.74, 6) is -4.06. The molecule has 1 aliphatic heterocycles. The van der Waals surface area contributed by atoms with Gasteiger partial charge in [-0.3, -0.25) is 4.79 Å². The van der Waals surface area contributed by atoms with E-state index in [1.54, 1.807) is 0 Å². The summed E-state index contributed by atoms with van der Waals surface area (Å²) in [5, 5.41) is 2.59. The van der Waals surface area contributed by atoms with Crippen molar-refractivity contribution in [3.05, 3.63) is 23.8 Å². The summed E-state index contributed by atoms with van der Waals surface area (Å²) in [5.41, 5.74) is 0. The summed E-state index contributed by atoms with van der Waals surface area (Å²) in [7, 11) is 0.585. The first-order chi connectivity index (χ1) is 9.80. The average molecular weight is 340 g/mol. The maximum atomic E-state index is 13.8. The van der Waals surface area contributed by atoms with Crippen LogP contribution in [0.4, 0.5) is 8.78 Å². The Labute approximate surface area is 124 Å². The molecule has 1 unspecified atom stereocenters. The summed E-state index contributed by atoms with van der Waals surface area (Å²) in [6.07, 6.45) is 0.885. The third-order valence-electron chi connectivity index (χ3n) is 3.03. The van der Waals surface area contributed by atoms with Gasteiger partial charge in [0.05, 0.1) is 0 Å². The van der Waals surface area contributed by atoms with E-state index in [0.29, 0.717) is 19.4 Å². The van der Waals surface area contributed by atoms with Crippen LogP contribution in [0.25, 0.3) is 0 Å². The number of amides is 1. The highest BCUT2D eigenvalue weighted by molar-refractivity contribution is 8.13. The number of halogens is 3. The van der Waals surface area contributed by atoms with E-state index in [4.69, 9.17) is 15.4 Å². The molecule has 1 amide bonds. The molecule has 0 saturated carbocycles. The topological polar surface area (TPSA) is 72.5 Å². The number of rotatable bonds is 3. The third-order valence-corrected chi connectivity index (χ3v) is 4.37. The molecule has 0 aromatic heterocycles. The van der Waals surface area contributed by atoms with Crippen LogP contribution in [0.1, 0.15) is 19.3 Å². The lowest BCUT2D eigenvalue weighted by molar-refractivity contribution is -0.127. The van der Waals surface area contributed by atoms with E-state index in [0.717, 1.165) is 18.6 Å². The highest BCUT2D eigenvalue weighted by Gasteiger charge is 2.27. The number of carbonyl (C=O) groups excluding carboxylic acids is 1. The summed E-state index contributed by atoms with van der Waals surface area (Å²) in [6, 6.07) is 1.73. The Balaban J connectivity index is 2.29. The van der Waals surface area contributed by atoms with Gasteiger partial charge in [0.1, 0.15) is 4.90 Å². The van der Waals surface area contributed by atoms with Gasteiger partial charge < -0.3 is 10.1 Å². The van der Waals surface area contributed by atoms with Crippen LogP contribution in [0.5, 0.6) is 5.75 Å². The van der Waals surface area contributed by atoms with Crippen LogP contribution >= 0.6 is 10.7 Å². The Kier molecular flexibility index (Phi) is 4.67. The first kappa shape index (κ1) is 16.0. The lowest BCUT2D eigenvalue weighted by atomic mass is 10.2. The molecule has 0 aliphatic carbocycles. The van der Waals surface area contributed by atoms with Crippen molar-refractivity contribution in [2.45, 2.75) is 30.3 Å². The van der Waals surface area contributed by atoms with Crippen molar-refractivity contribution >= 4 is 25.6 Å². The van der Waals surface area contributed by atoms with Crippen LogP contribution in [0.3, 0.4) is 0 Å². The van der Waals surface area contributed by atoms with Gasteiger partial charge >= 0.3 is 0 Å². The number of ether oxygens (including phenoxy) is 1. The number of nitrogens with one attached hydrogen (secondary N) is 1. The van der Waals surface area contributed by atoms with Crippen LogP contribution in [0.15, 0.2) is 17.0 Å². The van der Waals surface area contributed by atoms with Crippen molar-refractivity contribution in [2.75, 3.05) is 6.54 Å². The SMILES string of the molecule is O=C1NCCCCC1Oc1ccc(S(=O)(=O)Cl)c(F)c1F. The molecule has 0 radical (unpaired) electrons. The largest absolute Gasteiger partial charge is 0.477 e. The van der Waals surface area contributed by atoms with E-state index in [-0.39, 0.29) is 0 Å². The molecule has 1 atom stereocenters. The van der Waals surface area contributed by atoms with E-state index in [9.17, 15) is 22.0 Å². The van der Waals surface area contributed by atoms with Crippen LogP contribution in [0.2, 0.25) is 0 Å². The second-order valence-electron chi connectivity index (χ2n) is 4.52. The van der Waals surface area contributed by atoms with Crippen LogP contribution < -0.4 is 10.1 Å². The molecule has 1 saturated heterocycles. The van der Waals surface area contributed by atoms with Crippen LogP contribution in [0, 0.1) is 11.6 Å². The minimum Gasteiger partial charge on any atom is -0.477 e. The normalized spacial score (nSPS) is 19.8. The zero-order valence-electron chi connectivity index (χ0n) is 10.7. The van der Waals surface area contributed by atoms with Crippen LogP contribution in [-0.4, -0.2) is 27.0 Å². The van der Waals surface area contributed by atoms with E-state index < -0.39 is 43.3 Å². The predicted octanol–water partition coefficient (Wildman–Crippen LogP) is 1.94. The van der Waals surface area contributed by atoms with Crippen molar-refractivity contribution < 1.29 is 26.7 Å². The van der Waals surface area contributed by atoms with Crippen molar-refractivity contribution in [1.82, 2.24) is 5.32 Å². The summed E-state index contributed by atoms with van der Waals surface area (Å²) >= 11 is 0. The molecule has 2 rings (SSSR count). The summed E-state index contributed by atoms with van der Waals surface area (Å²) < 4.78 is 54.8. The predicted molar refractivity (Wildman–Crippen MR) is 70.7 cm³/mol. The molecular formula is C12H12ClF2NO4S. The molecular weight excluding hydrogens is 328 g/mol. The zero-order chi connectivity index (χ0) is 15.6. The Bertz CT molecular complexity index is 665. The highest BCUT2D eigenvalue weighted by atomic mass is 35.7. The van der Waals surface area contributed by atoms with E-state index >= 15 is 0 Å². The maximum absolute atomic E-state index is 13.8. The maximum Gasteiger partial charge on any atom is 0.264 e. The standard InChI is InChI=1S/C12H12ClF2NO4S/c13-21(18,19)9-5-4-7(10(14)11(9)15)20-8-3-1-2-6-16-12(8)17/h4-5,8H,1-3,6H2,(H,16,17). The molecule has 0 spiro atoms. The van der Waals surface area contributed by atoms with Crippen molar-refractivity contribution in [3.63, 3.8) is 0 Å². The van der Waals surface area contributed by atoms with E-state index in [1.165, 1.54) is 0 Å². The Morgan fingerprint density at radius 2 is 1.95 bits per heavy atom. The van der Waals surface area contributed by atoms with Gasteiger partial charge in [0.15, 0.2) is 17.7 Å². The molecule has 1 N–H and O–H groups in total. The number of benzene rings is 1. The minimum atomic E-state index is -4.40. The van der Waals surface area contributed by atoms with Gasteiger partial charge in [-0.1, -0.05) is 0 Å². The number of carbonyl (C=O) groups is 1. The lowest BCUT2D eigenvalue weighted by Gasteiger charge is -2.16. The number of hydrogen-bond acceptors (Lipinski definition) is 4. The monoisotopic (exact) mass is 339 g/mol. The van der Waals surface area contributed by atoms with E-state index in [2.05, 4.69) is 5.32 Å². The second-order valence-corrected chi connectivity index (χ2v) is 7.06. The number of hydrogen-bond donors (Lipinski definition) is 1. The first-order valence-corrected chi connectivity index (χ1v) is 8.48. The fraction of sp³-hybridized carbons (Fsp3) is 0.417. The molecule has 21 heavy (non-hydrogen) atoms. The third kappa shape index (κ3) is 3.62. The molecule has 5 nitrogen and oxygen atoms in total. The quantitative estimate of drug-likeness (QED) is 0.854. The fourth-order valence-electron chi connectivity index (χ4n) is 1.97. The smallest absolute Gasteiger partial charge is 0.264 e. The summed E-state index contributed by atoms with van der Waals surface area (Å²) in [4.78, 5) is 10.7. The van der Waals surface area contributed by atoms with Crippen molar-refractivity contribution in [1.29, 1.82) is 0 Å². The second kappa shape index (κ2) is 6.15. The Morgan fingerprint density at radius 3 is 2.62 bits per heavy atom. The van der Waals surface area contributed by atoms with Gasteiger partial charge in [-0.2, -0.15) is 4.39 Å². The molecule has 1 aromatic carbocycles. The molecule has 0 bridgehead atoms. The summed E-state index contributed by atoms with van der Waals surface area (Å²) in [6.45, 7) is 0.499. The molecule has 1 aromatic rings. The highest BCUT2D eigenvalue weighted by Crippen LogP contribution is 2.28. The zero-order valence-corrected chi connectivity index (χ0v) is 12.3. The minimum absolute atomic E-state index is 0.364. The Morgan fingerprint density at radius 1 is 1.24 bits per heavy atom. The first-order valence-electron chi connectivity index (χ1n) is 6.17. The Hall–Kier alpha value is -1.41. The van der Waals surface area contributed by atoms with Gasteiger partial charge in [0.25, 0.3) is 15.0 Å². The molecule has 116 valence electrons. The van der Waals surface area contributed by atoms with Crippen LogP contribution in [-0.2, 0) is 13.8 Å². The molecule has 1 aliphatic rings. The van der Waals surface area contributed by atoms with Gasteiger partial charge in [-0.15, -0.1) is 0 Å². The van der Waals surface area contributed by atoms with Crippen molar-refractivity contribution in [3.8, 4) is 5.75 Å². The van der Waals surface area contributed by atoms with Gasteiger partial charge in [0, 0.05) is 17.2 Å². The molecule has 9 heteroatoms. The van der Waals surface area contributed by atoms with Gasteiger partial charge in [-0.25, -0.2) is 12.8 Å². The lowest BCUT2D eigenvalue weighted by Crippen LogP contribution is -2.36. The van der Waals surface area contributed by atoms with Gasteiger partial charge in [-0.05, 0) is 31.4 Å². The molecule has 1 heterocycles.